The molecular weight excluding hydrogens is 484 g/mol. The van der Waals surface area contributed by atoms with Gasteiger partial charge < -0.3 is 0 Å². The molecule has 0 N–H and O–H groups in total. The van der Waals surface area contributed by atoms with Crippen LogP contribution in [0.4, 0.5) is 0 Å². The molecule has 18 heavy (non-hydrogen) atoms. The Labute approximate surface area is 130 Å². The molecule has 1 aliphatic carbocycles. The van der Waals surface area contributed by atoms with E-state index in [0.717, 1.165) is 42.9 Å². The molecule has 5 heteroatoms. The van der Waals surface area contributed by atoms with Crippen molar-refractivity contribution < 1.29 is 4.74 Å². The number of hydrogen-bond acceptors (Lipinski definition) is 2. The molecule has 0 spiro atoms. The quantitative estimate of drug-likeness (QED) is 0.570. The molecule has 1 saturated carbocycles. The molecule has 0 amide bonds. The van der Waals surface area contributed by atoms with Gasteiger partial charge in [-0.05, 0) is 0 Å². The van der Waals surface area contributed by atoms with Gasteiger partial charge in [-0.25, -0.2) is 0 Å². The zero-order valence-corrected chi connectivity index (χ0v) is 15.7. The van der Waals surface area contributed by atoms with Crippen molar-refractivity contribution in [1.29, 1.82) is 0 Å². The van der Waals surface area contributed by atoms with Crippen LogP contribution in [0, 0.1) is 5.92 Å². The van der Waals surface area contributed by atoms with E-state index in [1.54, 1.807) is 0 Å². The van der Waals surface area contributed by atoms with Crippen molar-refractivity contribution >= 4 is 42.0 Å². The number of aromatic nitrogens is 2. The van der Waals surface area contributed by atoms with E-state index in [1.165, 1.54) is 11.3 Å². The molecule has 0 radical (unpaired) electrons. The number of rotatable bonds is 1. The minimum atomic E-state index is 0.556. The maximum absolute atomic E-state index is 5.85. The first-order valence-electron chi connectivity index (χ1n) is 5.95. The number of hydrogen-bond donors (Lipinski definition) is 0. The second-order valence-corrected chi connectivity index (χ2v) is 8.19. The molecule has 3 atom stereocenters. The molecule has 88 valence electrons. The van der Waals surface area contributed by atoms with Crippen LogP contribution >= 0.6 is 15.9 Å². The molecule has 0 unspecified atom stereocenters. The molecule has 1 fully saturated rings. The first kappa shape index (κ1) is 11.5. The molecule has 0 bridgehead atoms. The molecule has 2 aliphatic rings. The van der Waals surface area contributed by atoms with Gasteiger partial charge in [0.2, 0.25) is 0 Å². The Morgan fingerprint density at radius 2 is 2.28 bits per heavy atom. The van der Waals surface area contributed by atoms with E-state index in [4.69, 9.17) is 4.74 Å². The van der Waals surface area contributed by atoms with Crippen molar-refractivity contribution in [3.8, 4) is 5.75 Å². The SMILES string of the molecule is Brc1ccc2c(c1)[C@@H]1[C@H](CO2)[C@H]1c1c[n]([Tl])cn1. The fraction of sp³-hybridized carbons (Fsp3) is 0.308. The van der Waals surface area contributed by atoms with Crippen LogP contribution in [0.25, 0.3) is 0 Å². The molecule has 3 nitrogen and oxygen atoms in total. The third-order valence-electron chi connectivity index (χ3n) is 3.89. The summed E-state index contributed by atoms with van der Waals surface area (Å²) in [5.41, 5.74) is 2.58. The fourth-order valence-corrected chi connectivity index (χ4v) is 4.26. The summed E-state index contributed by atoms with van der Waals surface area (Å²) < 4.78 is 9.16. The van der Waals surface area contributed by atoms with Gasteiger partial charge in [0.05, 0.1) is 0 Å². The van der Waals surface area contributed by atoms with Gasteiger partial charge in [-0.15, -0.1) is 0 Å². The van der Waals surface area contributed by atoms with E-state index >= 15 is 0 Å². The van der Waals surface area contributed by atoms with Crippen molar-refractivity contribution in [2.75, 3.05) is 6.61 Å². The molecule has 4 rings (SSSR count). The van der Waals surface area contributed by atoms with Crippen molar-refractivity contribution in [2.45, 2.75) is 11.8 Å². The predicted molar refractivity (Wildman–Crippen MR) is 72.0 cm³/mol. The van der Waals surface area contributed by atoms with Gasteiger partial charge in [0.1, 0.15) is 0 Å². The summed E-state index contributed by atoms with van der Waals surface area (Å²) in [6.45, 7) is 0.834. The monoisotopic (exact) mass is 494 g/mol. The molecule has 1 aromatic heterocycles. The second kappa shape index (κ2) is 4.06. The van der Waals surface area contributed by atoms with Gasteiger partial charge >= 0.3 is 131 Å². The summed E-state index contributed by atoms with van der Waals surface area (Å²) in [6.07, 6.45) is 4.15. The molecule has 1 aliphatic heterocycles. The third-order valence-corrected chi connectivity index (χ3v) is 5.48. The topological polar surface area (TPSA) is 27.1 Å². The van der Waals surface area contributed by atoms with Gasteiger partial charge in [-0.2, -0.15) is 0 Å². The van der Waals surface area contributed by atoms with Crippen LogP contribution < -0.4 is 4.74 Å². The summed E-state index contributed by atoms with van der Waals surface area (Å²) in [7, 11) is 0. The molecular formula is C13H10BrN2OTl. The molecule has 1 aromatic carbocycles. The summed E-state index contributed by atoms with van der Waals surface area (Å²) >= 11 is 4.35. The molecule has 2 aromatic rings. The number of benzene rings is 1. The fourth-order valence-electron chi connectivity index (χ4n) is 3.03. The Balaban J connectivity index is 1.74. The van der Waals surface area contributed by atoms with Gasteiger partial charge in [0, 0.05) is 0 Å². The van der Waals surface area contributed by atoms with Crippen LogP contribution in [0.2, 0.25) is 0 Å². The standard InChI is InChI=1S/C13H10BrN2O.Tl/c14-7-1-2-11-8(3-7)12-9(5-17-11)13(12)10-4-15-6-16-10;/h1-4,6,9,12-13H,5H2;/q-1;+1/t9-,12+,13-;/m0./s1. The summed E-state index contributed by atoms with van der Waals surface area (Å²) in [5, 5.41) is 0. The first-order chi connectivity index (χ1) is 8.74. The van der Waals surface area contributed by atoms with E-state index < -0.39 is 0 Å². The molecule has 2 heterocycles. The Hall–Kier alpha value is -0.368. The van der Waals surface area contributed by atoms with E-state index in [-0.39, 0.29) is 0 Å². The maximum atomic E-state index is 5.85. The van der Waals surface area contributed by atoms with E-state index in [2.05, 4.69) is 41.6 Å². The Morgan fingerprint density at radius 1 is 1.39 bits per heavy atom. The van der Waals surface area contributed by atoms with E-state index in [9.17, 15) is 0 Å². The summed E-state index contributed by atoms with van der Waals surface area (Å²) in [5.74, 6) is 2.83. The van der Waals surface area contributed by atoms with Crippen LogP contribution in [0.1, 0.15) is 23.1 Å². The van der Waals surface area contributed by atoms with Crippen molar-refractivity contribution in [1.82, 2.24) is 7.36 Å². The van der Waals surface area contributed by atoms with Gasteiger partial charge in [0.25, 0.3) is 0 Å². The average molecular weight is 495 g/mol. The van der Waals surface area contributed by atoms with Crippen LogP contribution in [0.3, 0.4) is 0 Å². The van der Waals surface area contributed by atoms with Gasteiger partial charge in [-0.3, -0.25) is 0 Å². The first-order valence-corrected chi connectivity index (χ1v) is 8.75. The summed E-state index contributed by atoms with van der Waals surface area (Å²) in [4.78, 5) is 4.53. The zero-order valence-electron chi connectivity index (χ0n) is 9.58. The van der Waals surface area contributed by atoms with Gasteiger partial charge in [0.15, 0.2) is 0 Å². The van der Waals surface area contributed by atoms with Crippen LogP contribution in [-0.2, 0) is 0 Å². The Bertz CT molecular complexity index is 627. The van der Waals surface area contributed by atoms with Crippen LogP contribution in [0.15, 0.2) is 35.2 Å². The van der Waals surface area contributed by atoms with Crippen molar-refractivity contribution in [3.63, 3.8) is 0 Å². The molecule has 0 saturated heterocycles. The second-order valence-electron chi connectivity index (χ2n) is 4.95. The van der Waals surface area contributed by atoms with E-state index in [0.29, 0.717) is 17.8 Å². The normalized spacial score (nSPS) is 28.1. The van der Waals surface area contributed by atoms with Gasteiger partial charge in [-0.1, -0.05) is 0 Å². The summed E-state index contributed by atoms with van der Waals surface area (Å²) in [6, 6.07) is 6.31. The number of nitrogens with zero attached hydrogens (tertiary/aromatic N) is 2. The Kier molecular flexibility index (Phi) is 2.59. The van der Waals surface area contributed by atoms with Crippen molar-refractivity contribution in [2.24, 2.45) is 5.92 Å². The number of imidazole rings is 1. The predicted octanol–water partition coefficient (Wildman–Crippen LogP) is 2.47. The zero-order chi connectivity index (χ0) is 12.3. The number of fused-ring (bicyclic) bond motifs is 3. The van der Waals surface area contributed by atoms with E-state index in [1.807, 2.05) is 12.4 Å². The third kappa shape index (κ3) is 1.68. The van der Waals surface area contributed by atoms with Crippen LogP contribution in [0.5, 0.6) is 5.75 Å². The van der Waals surface area contributed by atoms with Crippen molar-refractivity contribution in [3.05, 3.63) is 46.5 Å². The number of halogens is 1. The number of ether oxygens (including phenoxy) is 1. The van der Waals surface area contributed by atoms with Crippen LogP contribution in [-0.4, -0.2) is 40.0 Å². The Morgan fingerprint density at radius 3 is 3.06 bits per heavy atom. The average Bonchev–Trinajstić information content (AvgIpc) is 2.96. The minimum absolute atomic E-state index is 0.556.